The number of H-pyrrole nitrogens is 1. The van der Waals surface area contributed by atoms with Crippen molar-refractivity contribution in [1.82, 2.24) is 10.2 Å². The van der Waals surface area contributed by atoms with Gasteiger partial charge in [-0.3, -0.25) is 5.10 Å². The van der Waals surface area contributed by atoms with Crippen LogP contribution in [0, 0.1) is 5.82 Å². The summed E-state index contributed by atoms with van der Waals surface area (Å²) >= 11 is 5.74. The van der Waals surface area contributed by atoms with E-state index in [0.29, 0.717) is 12.1 Å². The normalized spacial score (nSPS) is 10.8. The summed E-state index contributed by atoms with van der Waals surface area (Å²) in [5.74, 6) is -0.374. The van der Waals surface area contributed by atoms with Gasteiger partial charge in [-0.05, 0) is 24.3 Å². The molecule has 3 aromatic rings. The van der Waals surface area contributed by atoms with Gasteiger partial charge in [0, 0.05) is 23.2 Å². The number of hydrogen-bond acceptors (Lipinski definition) is 2. The number of halogens is 2. The highest BCUT2D eigenvalue weighted by atomic mass is 35.5. The Labute approximate surface area is 114 Å². The van der Waals surface area contributed by atoms with Crippen molar-refractivity contribution in [2.24, 2.45) is 0 Å². The van der Waals surface area contributed by atoms with E-state index in [1.807, 2.05) is 18.2 Å². The first-order chi connectivity index (χ1) is 9.24. The van der Waals surface area contributed by atoms with E-state index in [2.05, 4.69) is 15.5 Å². The number of benzene rings is 2. The maximum Gasteiger partial charge on any atom is 0.146 e. The molecule has 5 heteroatoms. The average molecular weight is 276 g/mol. The zero-order valence-electron chi connectivity index (χ0n) is 9.95. The summed E-state index contributed by atoms with van der Waals surface area (Å²) < 4.78 is 13.7. The summed E-state index contributed by atoms with van der Waals surface area (Å²) in [4.78, 5) is 0. The molecular weight excluding hydrogens is 265 g/mol. The fourth-order valence-electron chi connectivity index (χ4n) is 1.93. The predicted molar refractivity (Wildman–Crippen MR) is 74.8 cm³/mol. The lowest BCUT2D eigenvalue weighted by Crippen LogP contribution is -2.01. The molecule has 0 aliphatic heterocycles. The summed E-state index contributed by atoms with van der Waals surface area (Å²) in [5.41, 5.74) is 2.42. The molecule has 0 amide bonds. The fourth-order valence-corrected chi connectivity index (χ4v) is 2.13. The Bertz CT molecular complexity index is 724. The monoisotopic (exact) mass is 275 g/mol. The maximum absolute atomic E-state index is 13.7. The average Bonchev–Trinajstić information content (AvgIpc) is 2.88. The second kappa shape index (κ2) is 4.90. The lowest BCUT2D eigenvalue weighted by molar-refractivity contribution is 0.613. The van der Waals surface area contributed by atoms with Gasteiger partial charge in [0.25, 0.3) is 0 Å². The third-order valence-electron chi connectivity index (χ3n) is 2.95. The van der Waals surface area contributed by atoms with Crippen molar-refractivity contribution in [2.45, 2.75) is 6.54 Å². The molecule has 96 valence electrons. The number of nitrogens with zero attached hydrogens (tertiary/aromatic N) is 1. The second-order valence-electron chi connectivity index (χ2n) is 4.24. The number of fused-ring (bicyclic) bond motifs is 1. The van der Waals surface area contributed by atoms with Gasteiger partial charge in [0.05, 0.1) is 16.7 Å². The van der Waals surface area contributed by atoms with Gasteiger partial charge in [-0.15, -0.1) is 0 Å². The molecule has 0 saturated heterocycles. The molecule has 1 heterocycles. The lowest BCUT2D eigenvalue weighted by Gasteiger charge is -2.08. The van der Waals surface area contributed by atoms with Crippen molar-refractivity contribution in [3.63, 3.8) is 0 Å². The molecule has 2 N–H and O–H groups in total. The van der Waals surface area contributed by atoms with Crippen molar-refractivity contribution in [1.29, 1.82) is 0 Å². The molecule has 0 aliphatic rings. The number of nitrogens with one attached hydrogen (secondary N) is 2. The second-order valence-corrected chi connectivity index (χ2v) is 4.65. The highest BCUT2D eigenvalue weighted by molar-refractivity contribution is 6.30. The van der Waals surface area contributed by atoms with Crippen LogP contribution >= 0.6 is 11.6 Å². The molecule has 0 spiro atoms. The predicted octanol–water partition coefficient (Wildman–Crippen LogP) is 3.97. The number of aromatic amines is 1. The Morgan fingerprint density at radius 2 is 2.16 bits per heavy atom. The van der Waals surface area contributed by atoms with Crippen LogP contribution in [0.3, 0.4) is 0 Å². The zero-order chi connectivity index (χ0) is 13.2. The standard InChI is InChI=1S/C14H11ClFN3/c15-12-3-1-2-9(14(12)16)7-17-11-4-5-13-10(6-11)8-18-19-13/h1-6,8,17H,7H2,(H,18,19). The molecule has 0 bridgehead atoms. The molecule has 0 saturated carbocycles. The minimum absolute atomic E-state index is 0.143. The Morgan fingerprint density at radius 3 is 3.05 bits per heavy atom. The fraction of sp³-hybridized carbons (Fsp3) is 0.0714. The Hall–Kier alpha value is -2.07. The zero-order valence-corrected chi connectivity index (χ0v) is 10.7. The summed E-state index contributed by atoms with van der Waals surface area (Å²) in [6, 6.07) is 10.8. The Balaban J connectivity index is 1.80. The van der Waals surface area contributed by atoms with E-state index in [1.54, 1.807) is 18.3 Å². The van der Waals surface area contributed by atoms with E-state index < -0.39 is 0 Å². The van der Waals surface area contributed by atoms with Gasteiger partial charge in [0.2, 0.25) is 0 Å². The van der Waals surface area contributed by atoms with Crippen LogP contribution < -0.4 is 5.32 Å². The van der Waals surface area contributed by atoms with Gasteiger partial charge in [-0.2, -0.15) is 5.10 Å². The highest BCUT2D eigenvalue weighted by Crippen LogP contribution is 2.20. The highest BCUT2D eigenvalue weighted by Gasteiger charge is 2.06. The van der Waals surface area contributed by atoms with Crippen LogP contribution in [0.2, 0.25) is 5.02 Å². The van der Waals surface area contributed by atoms with E-state index >= 15 is 0 Å². The Kier molecular flexibility index (Phi) is 3.09. The summed E-state index contributed by atoms with van der Waals surface area (Å²) in [5, 5.41) is 11.2. The van der Waals surface area contributed by atoms with Crippen molar-refractivity contribution < 1.29 is 4.39 Å². The van der Waals surface area contributed by atoms with Gasteiger partial charge >= 0.3 is 0 Å². The first-order valence-electron chi connectivity index (χ1n) is 5.84. The smallest absolute Gasteiger partial charge is 0.146 e. The minimum atomic E-state index is -0.374. The molecular formula is C14H11ClFN3. The molecule has 0 unspecified atom stereocenters. The molecule has 0 radical (unpaired) electrons. The summed E-state index contributed by atoms with van der Waals surface area (Å²) in [6.45, 7) is 0.385. The van der Waals surface area contributed by atoms with Crippen molar-refractivity contribution >= 4 is 28.2 Å². The van der Waals surface area contributed by atoms with E-state index in [4.69, 9.17) is 11.6 Å². The minimum Gasteiger partial charge on any atom is -0.381 e. The van der Waals surface area contributed by atoms with Crippen molar-refractivity contribution in [2.75, 3.05) is 5.32 Å². The van der Waals surface area contributed by atoms with Crippen LogP contribution in [0.15, 0.2) is 42.6 Å². The molecule has 0 aliphatic carbocycles. The molecule has 1 aromatic heterocycles. The van der Waals surface area contributed by atoms with Crippen LogP contribution in [0.25, 0.3) is 10.9 Å². The van der Waals surface area contributed by atoms with E-state index in [0.717, 1.165) is 16.6 Å². The molecule has 3 nitrogen and oxygen atoms in total. The van der Waals surface area contributed by atoms with Gasteiger partial charge in [-0.25, -0.2) is 4.39 Å². The van der Waals surface area contributed by atoms with Crippen LogP contribution in [0.1, 0.15) is 5.56 Å². The van der Waals surface area contributed by atoms with Gasteiger partial charge in [-0.1, -0.05) is 23.7 Å². The molecule has 0 atom stereocenters. The number of anilines is 1. The maximum atomic E-state index is 13.7. The largest absolute Gasteiger partial charge is 0.381 e. The van der Waals surface area contributed by atoms with Crippen molar-refractivity contribution in [3.8, 4) is 0 Å². The van der Waals surface area contributed by atoms with E-state index in [-0.39, 0.29) is 10.8 Å². The first kappa shape index (κ1) is 12.0. The number of hydrogen-bond donors (Lipinski definition) is 2. The SMILES string of the molecule is Fc1c(Cl)cccc1CNc1ccc2[nH]ncc2c1. The van der Waals surface area contributed by atoms with E-state index in [9.17, 15) is 4.39 Å². The molecule has 2 aromatic carbocycles. The van der Waals surface area contributed by atoms with Crippen molar-refractivity contribution in [3.05, 3.63) is 59.0 Å². The third-order valence-corrected chi connectivity index (χ3v) is 3.25. The summed E-state index contributed by atoms with van der Waals surface area (Å²) in [7, 11) is 0. The van der Waals surface area contributed by atoms with Crippen LogP contribution in [0.5, 0.6) is 0 Å². The molecule has 3 rings (SSSR count). The topological polar surface area (TPSA) is 40.7 Å². The van der Waals surface area contributed by atoms with Gasteiger partial charge < -0.3 is 5.32 Å². The van der Waals surface area contributed by atoms with Crippen LogP contribution in [-0.2, 0) is 6.54 Å². The van der Waals surface area contributed by atoms with Gasteiger partial charge in [0.15, 0.2) is 0 Å². The van der Waals surface area contributed by atoms with Gasteiger partial charge in [0.1, 0.15) is 5.82 Å². The van der Waals surface area contributed by atoms with Crippen LogP contribution in [0.4, 0.5) is 10.1 Å². The Morgan fingerprint density at radius 1 is 1.26 bits per heavy atom. The molecule has 0 fully saturated rings. The third kappa shape index (κ3) is 2.39. The first-order valence-corrected chi connectivity index (χ1v) is 6.22. The number of aromatic nitrogens is 2. The lowest BCUT2D eigenvalue weighted by atomic mass is 10.2. The quantitative estimate of drug-likeness (QED) is 0.759. The molecule has 19 heavy (non-hydrogen) atoms. The number of rotatable bonds is 3. The summed E-state index contributed by atoms with van der Waals surface area (Å²) in [6.07, 6.45) is 1.75. The van der Waals surface area contributed by atoms with E-state index in [1.165, 1.54) is 6.07 Å². The van der Waals surface area contributed by atoms with Crippen LogP contribution in [-0.4, -0.2) is 10.2 Å².